The van der Waals surface area contributed by atoms with E-state index in [1.165, 1.54) is 17.0 Å². The van der Waals surface area contributed by atoms with Gasteiger partial charge in [0.1, 0.15) is 12.6 Å². The summed E-state index contributed by atoms with van der Waals surface area (Å²) in [6.07, 6.45) is 1.31. The third-order valence-electron chi connectivity index (χ3n) is 6.69. The Bertz CT molecular complexity index is 1360. The molecule has 3 rings (SSSR count). The SMILES string of the molecule is CCc1ccccc1N(CC(=O)N(Cc1ccc(Cl)cc1)[C@H](C)C(=O)N[C@H](C)CC)S(=O)(=O)c1ccccc1. The zero-order valence-electron chi connectivity index (χ0n) is 22.8. The van der Waals surface area contributed by atoms with E-state index in [1.807, 2.05) is 32.9 Å². The van der Waals surface area contributed by atoms with Crippen LogP contribution in [-0.2, 0) is 32.6 Å². The minimum atomic E-state index is -4.09. The highest BCUT2D eigenvalue weighted by molar-refractivity contribution is 7.92. The van der Waals surface area contributed by atoms with Crippen molar-refractivity contribution in [3.8, 4) is 0 Å². The Morgan fingerprint density at radius 3 is 2.13 bits per heavy atom. The van der Waals surface area contributed by atoms with Crippen molar-refractivity contribution in [3.63, 3.8) is 0 Å². The van der Waals surface area contributed by atoms with E-state index in [9.17, 15) is 18.0 Å². The molecular weight excluding hydrogens is 534 g/mol. The fraction of sp³-hybridized carbons (Fsp3) is 0.333. The molecular formula is C30H36ClN3O4S. The van der Waals surface area contributed by atoms with Crippen LogP contribution in [-0.4, -0.2) is 43.8 Å². The predicted octanol–water partition coefficient (Wildman–Crippen LogP) is 5.43. The van der Waals surface area contributed by atoms with Gasteiger partial charge in [0.25, 0.3) is 10.0 Å². The van der Waals surface area contributed by atoms with Gasteiger partial charge in [-0.15, -0.1) is 0 Å². The van der Waals surface area contributed by atoms with Gasteiger partial charge in [0, 0.05) is 17.6 Å². The van der Waals surface area contributed by atoms with Crippen LogP contribution in [0.3, 0.4) is 0 Å². The van der Waals surface area contributed by atoms with Crippen LogP contribution in [0.15, 0.2) is 83.8 Å². The number of hydrogen-bond acceptors (Lipinski definition) is 4. The summed E-state index contributed by atoms with van der Waals surface area (Å²) in [7, 11) is -4.09. The Balaban J connectivity index is 2.04. The lowest BCUT2D eigenvalue weighted by Gasteiger charge is -2.33. The Morgan fingerprint density at radius 2 is 1.51 bits per heavy atom. The average molecular weight is 570 g/mol. The maximum absolute atomic E-state index is 14.0. The first-order chi connectivity index (χ1) is 18.6. The van der Waals surface area contributed by atoms with Gasteiger partial charge in [0.2, 0.25) is 11.8 Å². The highest BCUT2D eigenvalue weighted by atomic mass is 35.5. The summed E-state index contributed by atoms with van der Waals surface area (Å²) in [5.74, 6) is -0.805. The van der Waals surface area contributed by atoms with Crippen LogP contribution in [0.1, 0.15) is 45.2 Å². The van der Waals surface area contributed by atoms with Crippen molar-refractivity contribution in [2.75, 3.05) is 10.8 Å². The van der Waals surface area contributed by atoms with E-state index >= 15 is 0 Å². The van der Waals surface area contributed by atoms with Crippen LogP contribution in [0, 0.1) is 0 Å². The van der Waals surface area contributed by atoms with Crippen LogP contribution >= 0.6 is 11.6 Å². The first-order valence-electron chi connectivity index (χ1n) is 13.1. The molecule has 9 heteroatoms. The first-order valence-corrected chi connectivity index (χ1v) is 14.9. The highest BCUT2D eigenvalue weighted by Crippen LogP contribution is 2.28. The molecule has 0 unspecified atom stereocenters. The summed E-state index contributed by atoms with van der Waals surface area (Å²) in [6, 6.07) is 21.3. The van der Waals surface area contributed by atoms with Crippen molar-refractivity contribution >= 4 is 39.1 Å². The molecule has 3 aromatic carbocycles. The molecule has 0 fully saturated rings. The number of carbonyl (C=O) groups excluding carboxylic acids is 2. The van der Waals surface area contributed by atoms with Crippen molar-refractivity contribution < 1.29 is 18.0 Å². The number of hydrogen-bond donors (Lipinski definition) is 1. The van der Waals surface area contributed by atoms with E-state index in [-0.39, 0.29) is 23.4 Å². The van der Waals surface area contributed by atoms with Gasteiger partial charge in [-0.1, -0.05) is 74.0 Å². The number of benzene rings is 3. The molecule has 0 saturated carbocycles. The van der Waals surface area contributed by atoms with E-state index in [2.05, 4.69) is 5.32 Å². The van der Waals surface area contributed by atoms with Gasteiger partial charge in [-0.05, 0) is 68.1 Å². The van der Waals surface area contributed by atoms with Crippen LogP contribution in [0.4, 0.5) is 5.69 Å². The number of nitrogens with one attached hydrogen (secondary N) is 1. The Kier molecular flexibility index (Phi) is 10.5. The molecule has 0 aliphatic carbocycles. The maximum Gasteiger partial charge on any atom is 0.264 e. The largest absolute Gasteiger partial charge is 0.352 e. The second-order valence-electron chi connectivity index (χ2n) is 9.45. The van der Waals surface area contributed by atoms with Crippen molar-refractivity contribution in [1.29, 1.82) is 0 Å². The van der Waals surface area contributed by atoms with Crippen LogP contribution in [0.25, 0.3) is 0 Å². The van der Waals surface area contributed by atoms with Gasteiger partial charge in [-0.3, -0.25) is 13.9 Å². The van der Waals surface area contributed by atoms with Crippen LogP contribution in [0.2, 0.25) is 5.02 Å². The van der Waals surface area contributed by atoms with Crippen molar-refractivity contribution in [2.45, 2.75) is 64.1 Å². The quantitative estimate of drug-likeness (QED) is 0.315. The van der Waals surface area contributed by atoms with Gasteiger partial charge < -0.3 is 10.2 Å². The molecule has 1 N–H and O–H groups in total. The number of sulfonamides is 1. The second-order valence-corrected chi connectivity index (χ2v) is 11.7. The number of para-hydroxylation sites is 1. The van der Waals surface area contributed by atoms with Crippen molar-refractivity contribution in [3.05, 3.63) is 95.0 Å². The summed E-state index contributed by atoms with van der Waals surface area (Å²) in [5.41, 5.74) is 1.99. The minimum Gasteiger partial charge on any atom is -0.352 e. The maximum atomic E-state index is 14.0. The molecule has 39 heavy (non-hydrogen) atoms. The van der Waals surface area contributed by atoms with Gasteiger partial charge in [-0.2, -0.15) is 0 Å². The Labute approximate surface area is 236 Å². The van der Waals surface area contributed by atoms with Crippen LogP contribution in [0.5, 0.6) is 0 Å². The van der Waals surface area contributed by atoms with E-state index < -0.39 is 28.5 Å². The van der Waals surface area contributed by atoms with Crippen molar-refractivity contribution in [1.82, 2.24) is 10.2 Å². The number of nitrogens with zero attached hydrogens (tertiary/aromatic N) is 2. The topological polar surface area (TPSA) is 86.8 Å². The lowest BCUT2D eigenvalue weighted by Crippen LogP contribution is -2.52. The monoisotopic (exact) mass is 569 g/mol. The molecule has 0 spiro atoms. The van der Waals surface area contributed by atoms with Gasteiger partial charge in [-0.25, -0.2) is 8.42 Å². The molecule has 0 radical (unpaired) electrons. The molecule has 3 aromatic rings. The number of halogens is 1. The summed E-state index contributed by atoms with van der Waals surface area (Å²) in [6.45, 7) is 7.09. The smallest absolute Gasteiger partial charge is 0.264 e. The van der Waals surface area contributed by atoms with Gasteiger partial charge >= 0.3 is 0 Å². The molecule has 0 heterocycles. The predicted molar refractivity (Wildman–Crippen MR) is 156 cm³/mol. The number of aryl methyl sites for hydroxylation is 1. The Hall–Kier alpha value is -3.36. The second kappa shape index (κ2) is 13.6. The molecule has 7 nitrogen and oxygen atoms in total. The summed E-state index contributed by atoms with van der Waals surface area (Å²) in [5, 5.41) is 3.48. The average Bonchev–Trinajstić information content (AvgIpc) is 2.95. The molecule has 2 amide bonds. The fourth-order valence-corrected chi connectivity index (χ4v) is 5.72. The third-order valence-corrected chi connectivity index (χ3v) is 8.71. The summed E-state index contributed by atoms with van der Waals surface area (Å²) < 4.78 is 29.0. The van der Waals surface area contributed by atoms with E-state index in [0.717, 1.165) is 21.9 Å². The normalized spacial score (nSPS) is 12.8. The van der Waals surface area contributed by atoms with Crippen molar-refractivity contribution in [2.24, 2.45) is 0 Å². The zero-order chi connectivity index (χ0) is 28.6. The fourth-order valence-electron chi connectivity index (χ4n) is 4.12. The van der Waals surface area contributed by atoms with Crippen LogP contribution < -0.4 is 9.62 Å². The van der Waals surface area contributed by atoms with E-state index in [0.29, 0.717) is 17.1 Å². The first kappa shape index (κ1) is 30.2. The summed E-state index contributed by atoms with van der Waals surface area (Å²) in [4.78, 5) is 28.6. The van der Waals surface area contributed by atoms with E-state index in [4.69, 9.17) is 11.6 Å². The molecule has 0 bridgehead atoms. The number of amides is 2. The third kappa shape index (κ3) is 7.61. The number of carbonyl (C=O) groups is 2. The molecule has 208 valence electrons. The Morgan fingerprint density at radius 1 is 0.897 bits per heavy atom. The standard InChI is InChI=1S/C30H36ClN3O4S/c1-5-22(3)32-30(36)23(4)33(20-24-16-18-26(31)19-17-24)29(35)21-34(28-15-11-10-12-25(28)6-2)39(37,38)27-13-8-7-9-14-27/h7-19,22-23H,5-6,20-21H2,1-4H3,(H,32,36)/t22-,23-/m1/s1. The molecule has 0 aromatic heterocycles. The number of rotatable bonds is 12. The van der Waals surface area contributed by atoms with Gasteiger partial charge in [0.15, 0.2) is 0 Å². The highest BCUT2D eigenvalue weighted by Gasteiger charge is 2.33. The minimum absolute atomic E-state index is 0.0705. The number of anilines is 1. The summed E-state index contributed by atoms with van der Waals surface area (Å²) >= 11 is 6.05. The molecule has 2 atom stereocenters. The molecule has 0 aliphatic heterocycles. The zero-order valence-corrected chi connectivity index (χ0v) is 24.4. The molecule has 0 aliphatic rings. The lowest BCUT2D eigenvalue weighted by atomic mass is 10.1. The molecule has 0 saturated heterocycles. The van der Waals surface area contributed by atoms with E-state index in [1.54, 1.807) is 61.5 Å². The lowest BCUT2D eigenvalue weighted by molar-refractivity contribution is -0.139. The van der Waals surface area contributed by atoms with Gasteiger partial charge in [0.05, 0.1) is 10.6 Å².